The molecule has 1 aromatic heterocycles. The first-order valence-corrected chi connectivity index (χ1v) is 12.5. The summed E-state index contributed by atoms with van der Waals surface area (Å²) >= 11 is 0. The molecule has 2 aliphatic rings. The Labute approximate surface area is 202 Å². The van der Waals surface area contributed by atoms with Gasteiger partial charge < -0.3 is 15.0 Å². The molecule has 0 bridgehead atoms. The van der Waals surface area contributed by atoms with E-state index in [0.717, 1.165) is 42.7 Å². The van der Waals surface area contributed by atoms with Crippen molar-refractivity contribution in [2.24, 2.45) is 0 Å². The van der Waals surface area contributed by atoms with E-state index in [1.54, 1.807) is 16.7 Å². The second-order valence-corrected chi connectivity index (χ2v) is 11.0. The first kappa shape index (κ1) is 24.3. The van der Waals surface area contributed by atoms with E-state index in [-0.39, 0.29) is 23.3 Å². The van der Waals surface area contributed by atoms with Crippen LogP contribution < -0.4 is 10.1 Å². The van der Waals surface area contributed by atoms with E-state index >= 15 is 0 Å². The summed E-state index contributed by atoms with van der Waals surface area (Å²) in [5, 5.41) is 8.05. The number of nitrogens with zero attached hydrogens (tertiary/aromatic N) is 3. The average Bonchev–Trinajstić information content (AvgIpc) is 3.07. The van der Waals surface area contributed by atoms with E-state index < -0.39 is 5.54 Å². The fourth-order valence-electron chi connectivity index (χ4n) is 4.93. The number of aromatic nitrogens is 2. The van der Waals surface area contributed by atoms with Crippen LogP contribution in [-0.4, -0.2) is 45.2 Å². The van der Waals surface area contributed by atoms with Gasteiger partial charge in [0, 0.05) is 18.0 Å². The van der Waals surface area contributed by atoms with Crippen LogP contribution in [-0.2, 0) is 23.3 Å². The number of fused-ring (bicyclic) bond motifs is 1. The molecule has 1 saturated carbocycles. The van der Waals surface area contributed by atoms with Gasteiger partial charge in [0.15, 0.2) is 0 Å². The van der Waals surface area contributed by atoms with Gasteiger partial charge in [-0.1, -0.05) is 58.6 Å². The molecule has 0 saturated heterocycles. The molecule has 2 heterocycles. The van der Waals surface area contributed by atoms with Crippen molar-refractivity contribution >= 4 is 11.8 Å². The second kappa shape index (κ2) is 9.43. The molecule has 7 heteroatoms. The number of carbonyl (C=O) groups excluding carboxylic acids is 2. The van der Waals surface area contributed by atoms with Crippen molar-refractivity contribution in [2.45, 2.75) is 96.3 Å². The van der Waals surface area contributed by atoms with Crippen molar-refractivity contribution < 1.29 is 14.3 Å². The van der Waals surface area contributed by atoms with Gasteiger partial charge >= 0.3 is 0 Å². The third-order valence-electron chi connectivity index (χ3n) is 7.25. The van der Waals surface area contributed by atoms with Gasteiger partial charge in [-0.15, -0.1) is 0 Å². The van der Waals surface area contributed by atoms with Crippen LogP contribution in [0.1, 0.15) is 88.0 Å². The first-order chi connectivity index (χ1) is 16.1. The SMILES string of the molecule is COc1ccc(CN2C(=O)c3cc(C(C)(C)C)nn3C[C@]2(C)C(=O)NC2CCCCCC2)cc1. The van der Waals surface area contributed by atoms with Crippen LogP contribution in [0.2, 0.25) is 0 Å². The molecule has 1 N–H and O–H groups in total. The van der Waals surface area contributed by atoms with Crippen LogP contribution in [0.5, 0.6) is 5.75 Å². The van der Waals surface area contributed by atoms with Gasteiger partial charge in [-0.3, -0.25) is 14.3 Å². The standard InChI is InChI=1S/C27H38N4O3/c1-26(2,3)23-16-22-24(32)30(17-19-12-14-21(34-5)15-13-19)27(4,18-31(22)29-23)25(33)28-20-10-8-6-7-9-11-20/h12-16,20H,6-11,17-18H2,1-5H3,(H,28,33)/t27-/m1/s1. The Bertz CT molecular complexity index is 1030. The number of ether oxygens (including phenoxy) is 1. The topological polar surface area (TPSA) is 76.5 Å². The van der Waals surface area contributed by atoms with Crippen LogP contribution in [0.4, 0.5) is 0 Å². The number of hydrogen-bond donors (Lipinski definition) is 1. The molecular weight excluding hydrogens is 428 g/mol. The van der Waals surface area contributed by atoms with E-state index in [2.05, 4.69) is 26.1 Å². The Morgan fingerprint density at radius 1 is 1.15 bits per heavy atom. The van der Waals surface area contributed by atoms with E-state index in [1.165, 1.54) is 12.8 Å². The summed E-state index contributed by atoms with van der Waals surface area (Å²) in [6.45, 7) is 8.80. The van der Waals surface area contributed by atoms with Crippen molar-refractivity contribution in [3.8, 4) is 5.75 Å². The Morgan fingerprint density at radius 2 is 1.79 bits per heavy atom. The molecule has 7 nitrogen and oxygen atoms in total. The number of hydrogen-bond acceptors (Lipinski definition) is 4. The monoisotopic (exact) mass is 466 g/mol. The number of methoxy groups -OCH3 is 1. The quantitative estimate of drug-likeness (QED) is 0.661. The van der Waals surface area contributed by atoms with Gasteiger partial charge in [0.05, 0.1) is 19.3 Å². The largest absolute Gasteiger partial charge is 0.497 e. The molecule has 1 atom stereocenters. The Hall–Kier alpha value is -2.83. The lowest BCUT2D eigenvalue weighted by Crippen LogP contribution is -2.64. The zero-order valence-electron chi connectivity index (χ0n) is 21.2. The minimum atomic E-state index is -1.04. The van der Waals surface area contributed by atoms with E-state index in [0.29, 0.717) is 18.8 Å². The van der Waals surface area contributed by atoms with Gasteiger partial charge in [-0.05, 0) is 43.5 Å². The lowest BCUT2D eigenvalue weighted by atomic mass is 9.91. The molecule has 1 aliphatic heterocycles. The van der Waals surface area contributed by atoms with Gasteiger partial charge in [-0.2, -0.15) is 5.10 Å². The maximum atomic E-state index is 13.8. The molecule has 0 unspecified atom stereocenters. The van der Waals surface area contributed by atoms with Crippen molar-refractivity contribution in [3.05, 3.63) is 47.3 Å². The summed E-state index contributed by atoms with van der Waals surface area (Å²) < 4.78 is 7.02. The molecule has 4 rings (SSSR count). The molecule has 0 spiro atoms. The van der Waals surface area contributed by atoms with Gasteiger partial charge in [0.2, 0.25) is 5.91 Å². The van der Waals surface area contributed by atoms with E-state index in [4.69, 9.17) is 9.84 Å². The average molecular weight is 467 g/mol. The normalized spacial score (nSPS) is 21.7. The van der Waals surface area contributed by atoms with Crippen molar-refractivity contribution in [3.63, 3.8) is 0 Å². The molecule has 2 aromatic rings. The smallest absolute Gasteiger partial charge is 0.273 e. The molecule has 1 fully saturated rings. The minimum absolute atomic E-state index is 0.0975. The Morgan fingerprint density at radius 3 is 2.38 bits per heavy atom. The van der Waals surface area contributed by atoms with E-state index in [1.807, 2.05) is 37.3 Å². The Balaban J connectivity index is 1.68. The highest BCUT2D eigenvalue weighted by molar-refractivity contribution is 5.99. The van der Waals surface area contributed by atoms with Crippen LogP contribution in [0, 0.1) is 0 Å². The number of amides is 2. The first-order valence-electron chi connectivity index (χ1n) is 12.5. The van der Waals surface area contributed by atoms with Crippen molar-refractivity contribution in [1.82, 2.24) is 20.0 Å². The third-order valence-corrected chi connectivity index (χ3v) is 7.25. The van der Waals surface area contributed by atoms with Crippen LogP contribution in [0.25, 0.3) is 0 Å². The Kier molecular flexibility index (Phi) is 6.74. The third kappa shape index (κ3) is 4.84. The summed E-state index contributed by atoms with van der Waals surface area (Å²) in [6.07, 6.45) is 6.70. The maximum absolute atomic E-state index is 13.8. The lowest BCUT2D eigenvalue weighted by Gasteiger charge is -2.44. The van der Waals surface area contributed by atoms with Crippen LogP contribution in [0.3, 0.4) is 0 Å². The maximum Gasteiger partial charge on any atom is 0.273 e. The zero-order chi connectivity index (χ0) is 24.5. The molecule has 184 valence electrons. The molecular formula is C27H38N4O3. The zero-order valence-corrected chi connectivity index (χ0v) is 21.2. The summed E-state index contributed by atoms with van der Waals surface area (Å²) in [7, 11) is 1.63. The number of carbonyl (C=O) groups is 2. The van der Waals surface area contributed by atoms with Gasteiger partial charge in [-0.25, -0.2) is 0 Å². The molecule has 1 aliphatic carbocycles. The molecule has 2 amide bonds. The minimum Gasteiger partial charge on any atom is -0.497 e. The predicted octanol–water partition coefficient (Wildman–Crippen LogP) is 4.44. The van der Waals surface area contributed by atoms with Crippen LogP contribution >= 0.6 is 0 Å². The fraction of sp³-hybridized carbons (Fsp3) is 0.593. The lowest BCUT2D eigenvalue weighted by molar-refractivity contribution is -0.134. The number of rotatable bonds is 5. The van der Waals surface area contributed by atoms with Gasteiger partial charge in [0.25, 0.3) is 5.91 Å². The highest BCUT2D eigenvalue weighted by Crippen LogP contribution is 2.32. The van der Waals surface area contributed by atoms with Crippen molar-refractivity contribution in [2.75, 3.05) is 7.11 Å². The predicted molar refractivity (Wildman–Crippen MR) is 132 cm³/mol. The molecule has 0 radical (unpaired) electrons. The number of benzene rings is 1. The summed E-state index contributed by atoms with van der Waals surface area (Å²) in [5.41, 5.74) is 1.11. The summed E-state index contributed by atoms with van der Waals surface area (Å²) in [5.74, 6) is 0.499. The number of nitrogens with one attached hydrogen (secondary N) is 1. The fourth-order valence-corrected chi connectivity index (χ4v) is 4.93. The van der Waals surface area contributed by atoms with Crippen LogP contribution in [0.15, 0.2) is 30.3 Å². The van der Waals surface area contributed by atoms with Gasteiger partial charge in [0.1, 0.15) is 17.0 Å². The highest BCUT2D eigenvalue weighted by Gasteiger charge is 2.48. The molecule has 1 aromatic carbocycles. The summed E-state index contributed by atoms with van der Waals surface area (Å²) in [6, 6.07) is 9.70. The summed E-state index contributed by atoms with van der Waals surface area (Å²) in [4.78, 5) is 29.3. The molecule has 34 heavy (non-hydrogen) atoms. The van der Waals surface area contributed by atoms with E-state index in [9.17, 15) is 9.59 Å². The van der Waals surface area contributed by atoms with Crippen molar-refractivity contribution in [1.29, 1.82) is 0 Å². The second-order valence-electron chi connectivity index (χ2n) is 11.0. The highest BCUT2D eigenvalue weighted by atomic mass is 16.5.